The van der Waals surface area contributed by atoms with E-state index in [0.29, 0.717) is 18.8 Å². The normalized spacial score (nSPS) is 19.2. The van der Waals surface area contributed by atoms with Crippen LogP contribution in [0.2, 0.25) is 0 Å². The number of alkyl halides is 3. The summed E-state index contributed by atoms with van der Waals surface area (Å²) >= 11 is 0. The smallest absolute Gasteiger partial charge is 0.405 e. The van der Waals surface area contributed by atoms with Crippen LogP contribution in [0.5, 0.6) is 5.75 Å². The average molecular weight is 275 g/mol. The molecule has 0 saturated carbocycles. The second-order valence-corrected chi connectivity index (χ2v) is 4.56. The molecule has 1 saturated heterocycles. The van der Waals surface area contributed by atoms with Crippen LogP contribution in [0.25, 0.3) is 0 Å². The van der Waals surface area contributed by atoms with Crippen molar-refractivity contribution in [3.05, 3.63) is 29.8 Å². The van der Waals surface area contributed by atoms with Crippen molar-refractivity contribution in [2.45, 2.75) is 25.2 Å². The van der Waals surface area contributed by atoms with Gasteiger partial charge >= 0.3 is 6.36 Å². The summed E-state index contributed by atoms with van der Waals surface area (Å²) in [5, 5.41) is 0. The lowest BCUT2D eigenvalue weighted by Gasteiger charge is -2.29. The van der Waals surface area contributed by atoms with Gasteiger partial charge in [-0.3, -0.25) is 0 Å². The number of nitrogens with two attached hydrogens (primary N) is 1. The molecule has 6 heteroatoms. The Balaban J connectivity index is 2.18. The first-order valence-corrected chi connectivity index (χ1v) is 6.15. The molecule has 1 aromatic rings. The van der Waals surface area contributed by atoms with Gasteiger partial charge in [0.25, 0.3) is 0 Å². The lowest BCUT2D eigenvalue weighted by atomic mass is 9.87. The molecule has 1 atom stereocenters. The molecule has 0 bridgehead atoms. The van der Waals surface area contributed by atoms with Gasteiger partial charge in [0.2, 0.25) is 0 Å². The second-order valence-electron chi connectivity index (χ2n) is 4.56. The first kappa shape index (κ1) is 14.1. The van der Waals surface area contributed by atoms with E-state index in [4.69, 9.17) is 10.5 Å². The molecule has 1 heterocycles. The Morgan fingerprint density at radius 2 is 1.84 bits per heavy atom. The standard InChI is InChI=1S/C13H16F3NO2/c14-13(15,16)19-11-4-2-1-3-10(11)12(17)9-5-7-18-8-6-9/h1-4,9,12H,5-8,17H2. The molecule has 0 radical (unpaired) electrons. The SMILES string of the molecule is NC(c1ccccc1OC(F)(F)F)C1CCOCC1. The van der Waals surface area contributed by atoms with E-state index < -0.39 is 12.4 Å². The monoisotopic (exact) mass is 275 g/mol. The molecule has 1 unspecified atom stereocenters. The summed E-state index contributed by atoms with van der Waals surface area (Å²) in [5.74, 6) is -0.0966. The number of hydrogen-bond donors (Lipinski definition) is 1. The van der Waals surface area contributed by atoms with Gasteiger partial charge in [0.15, 0.2) is 0 Å². The van der Waals surface area contributed by atoms with Gasteiger partial charge in [0.1, 0.15) is 5.75 Å². The van der Waals surface area contributed by atoms with Crippen LogP contribution in [0, 0.1) is 5.92 Å². The third-order valence-corrected chi connectivity index (χ3v) is 3.28. The summed E-state index contributed by atoms with van der Waals surface area (Å²) < 4.78 is 46.3. The van der Waals surface area contributed by atoms with Gasteiger partial charge in [-0.05, 0) is 24.8 Å². The van der Waals surface area contributed by atoms with Gasteiger partial charge in [-0.25, -0.2) is 0 Å². The highest BCUT2D eigenvalue weighted by molar-refractivity contribution is 5.36. The van der Waals surface area contributed by atoms with Gasteiger partial charge in [0, 0.05) is 24.8 Å². The minimum atomic E-state index is -4.70. The predicted molar refractivity (Wildman–Crippen MR) is 63.6 cm³/mol. The molecule has 0 aromatic heterocycles. The highest BCUT2D eigenvalue weighted by Gasteiger charge is 2.33. The van der Waals surface area contributed by atoms with Crippen LogP contribution in [-0.4, -0.2) is 19.6 Å². The van der Waals surface area contributed by atoms with E-state index in [0.717, 1.165) is 12.8 Å². The van der Waals surface area contributed by atoms with Crippen LogP contribution in [0.3, 0.4) is 0 Å². The summed E-state index contributed by atoms with van der Waals surface area (Å²) in [6.45, 7) is 1.20. The summed E-state index contributed by atoms with van der Waals surface area (Å²) in [6, 6.07) is 5.57. The molecule has 2 N–H and O–H groups in total. The molecular formula is C13H16F3NO2. The fraction of sp³-hybridized carbons (Fsp3) is 0.538. The molecule has 0 spiro atoms. The van der Waals surface area contributed by atoms with Crippen molar-refractivity contribution in [2.75, 3.05) is 13.2 Å². The maximum atomic E-state index is 12.3. The Labute approximate surface area is 109 Å². The van der Waals surface area contributed by atoms with Crippen LogP contribution in [0.4, 0.5) is 13.2 Å². The molecule has 0 aliphatic carbocycles. The molecule has 19 heavy (non-hydrogen) atoms. The first-order chi connectivity index (χ1) is 8.97. The van der Waals surface area contributed by atoms with E-state index in [1.54, 1.807) is 12.1 Å². The number of ether oxygens (including phenoxy) is 2. The van der Waals surface area contributed by atoms with E-state index >= 15 is 0 Å². The Hall–Kier alpha value is -1.27. The number of benzene rings is 1. The second kappa shape index (κ2) is 5.79. The maximum absolute atomic E-state index is 12.3. The van der Waals surface area contributed by atoms with Crippen LogP contribution in [-0.2, 0) is 4.74 Å². The first-order valence-electron chi connectivity index (χ1n) is 6.15. The molecule has 2 rings (SSSR count). The number of para-hydroxylation sites is 1. The van der Waals surface area contributed by atoms with Crippen molar-refractivity contribution < 1.29 is 22.6 Å². The molecule has 0 amide bonds. The highest BCUT2D eigenvalue weighted by atomic mass is 19.4. The topological polar surface area (TPSA) is 44.5 Å². The molecule has 3 nitrogen and oxygen atoms in total. The van der Waals surface area contributed by atoms with Gasteiger partial charge in [-0.2, -0.15) is 0 Å². The Bertz CT molecular complexity index is 417. The predicted octanol–water partition coefficient (Wildman–Crippen LogP) is 3.01. The molecular weight excluding hydrogens is 259 g/mol. The zero-order valence-electron chi connectivity index (χ0n) is 10.3. The van der Waals surface area contributed by atoms with E-state index in [2.05, 4.69) is 4.74 Å². The summed E-state index contributed by atoms with van der Waals surface area (Å²) in [6.07, 6.45) is -3.20. The summed E-state index contributed by atoms with van der Waals surface area (Å²) in [5.41, 5.74) is 6.48. The fourth-order valence-electron chi connectivity index (χ4n) is 2.30. The minimum absolute atomic E-state index is 0.117. The van der Waals surface area contributed by atoms with E-state index in [9.17, 15) is 13.2 Å². The molecule has 1 fully saturated rings. The van der Waals surface area contributed by atoms with Crippen LogP contribution in [0.1, 0.15) is 24.4 Å². The van der Waals surface area contributed by atoms with E-state index in [1.807, 2.05) is 0 Å². The zero-order valence-corrected chi connectivity index (χ0v) is 10.3. The number of halogens is 3. The molecule has 106 valence electrons. The third kappa shape index (κ3) is 3.84. The van der Waals surface area contributed by atoms with Crippen molar-refractivity contribution in [1.82, 2.24) is 0 Å². The van der Waals surface area contributed by atoms with Gasteiger partial charge in [-0.15, -0.1) is 13.2 Å². The third-order valence-electron chi connectivity index (χ3n) is 3.28. The number of hydrogen-bond acceptors (Lipinski definition) is 3. The van der Waals surface area contributed by atoms with E-state index in [-0.39, 0.29) is 11.7 Å². The maximum Gasteiger partial charge on any atom is 0.573 e. The van der Waals surface area contributed by atoms with Crippen molar-refractivity contribution in [2.24, 2.45) is 11.7 Å². The van der Waals surface area contributed by atoms with Gasteiger partial charge in [-0.1, -0.05) is 18.2 Å². The van der Waals surface area contributed by atoms with Crippen molar-refractivity contribution in [3.63, 3.8) is 0 Å². The lowest BCUT2D eigenvalue weighted by Crippen LogP contribution is -2.28. The average Bonchev–Trinajstić information content (AvgIpc) is 2.38. The van der Waals surface area contributed by atoms with Crippen LogP contribution in [0.15, 0.2) is 24.3 Å². The van der Waals surface area contributed by atoms with Crippen molar-refractivity contribution >= 4 is 0 Å². The molecule has 1 aliphatic rings. The highest BCUT2D eigenvalue weighted by Crippen LogP contribution is 2.35. The van der Waals surface area contributed by atoms with E-state index in [1.165, 1.54) is 12.1 Å². The summed E-state index contributed by atoms with van der Waals surface area (Å²) in [7, 11) is 0. The number of rotatable bonds is 3. The van der Waals surface area contributed by atoms with Crippen molar-refractivity contribution in [1.29, 1.82) is 0 Å². The minimum Gasteiger partial charge on any atom is -0.405 e. The Morgan fingerprint density at radius 3 is 2.47 bits per heavy atom. The Morgan fingerprint density at radius 1 is 1.21 bits per heavy atom. The summed E-state index contributed by atoms with van der Waals surface area (Å²) in [4.78, 5) is 0. The molecule has 1 aliphatic heterocycles. The lowest BCUT2D eigenvalue weighted by molar-refractivity contribution is -0.275. The quantitative estimate of drug-likeness (QED) is 0.922. The fourth-order valence-corrected chi connectivity index (χ4v) is 2.30. The van der Waals surface area contributed by atoms with Gasteiger partial charge in [0.05, 0.1) is 0 Å². The molecule has 1 aromatic carbocycles. The van der Waals surface area contributed by atoms with Crippen LogP contribution < -0.4 is 10.5 Å². The zero-order chi connectivity index (χ0) is 13.9. The van der Waals surface area contributed by atoms with Gasteiger partial charge < -0.3 is 15.2 Å². The largest absolute Gasteiger partial charge is 0.573 e. The van der Waals surface area contributed by atoms with Crippen molar-refractivity contribution in [3.8, 4) is 5.75 Å². The van der Waals surface area contributed by atoms with Crippen LogP contribution >= 0.6 is 0 Å². The Kier molecular flexibility index (Phi) is 4.31.